The molecule has 4 aliphatic rings. The van der Waals surface area contributed by atoms with Crippen molar-refractivity contribution in [3.63, 3.8) is 0 Å². The van der Waals surface area contributed by atoms with Crippen LogP contribution in [-0.4, -0.2) is 24.6 Å². The molecule has 6 unspecified atom stereocenters. The van der Waals surface area contributed by atoms with Crippen molar-refractivity contribution in [2.75, 3.05) is 6.61 Å². The van der Waals surface area contributed by atoms with E-state index in [1.54, 1.807) is 0 Å². The van der Waals surface area contributed by atoms with Crippen LogP contribution >= 0.6 is 0 Å². The minimum Gasteiger partial charge on any atom is -0.460 e. The molecule has 0 spiro atoms. The normalized spacial score (nSPS) is 42.5. The van der Waals surface area contributed by atoms with E-state index in [2.05, 4.69) is 12.2 Å². The van der Waals surface area contributed by atoms with E-state index in [9.17, 15) is 9.59 Å². The molecule has 0 aromatic carbocycles. The molecule has 0 N–H and O–H groups in total. The molecule has 0 heterocycles. The first-order valence-corrected chi connectivity index (χ1v) is 8.23. The van der Waals surface area contributed by atoms with E-state index in [1.807, 2.05) is 0 Å². The third-order valence-electron chi connectivity index (χ3n) is 5.87. The predicted molar refractivity (Wildman–Crippen MR) is 75.1 cm³/mol. The van der Waals surface area contributed by atoms with Gasteiger partial charge in [0.2, 0.25) is 0 Å². The van der Waals surface area contributed by atoms with Crippen LogP contribution in [0.1, 0.15) is 38.5 Å². The Balaban J connectivity index is 1.22. The maximum atomic E-state index is 12.0. The third kappa shape index (κ3) is 2.49. The van der Waals surface area contributed by atoms with E-state index < -0.39 is 0 Å². The molecule has 4 heteroatoms. The molecule has 4 bridgehead atoms. The molecule has 4 nitrogen and oxygen atoms in total. The van der Waals surface area contributed by atoms with Crippen LogP contribution in [0.4, 0.5) is 0 Å². The van der Waals surface area contributed by atoms with Crippen LogP contribution in [0.3, 0.4) is 0 Å². The lowest BCUT2D eigenvalue weighted by molar-refractivity contribution is -0.166. The molecule has 0 radical (unpaired) electrons. The fourth-order valence-corrected chi connectivity index (χ4v) is 4.82. The lowest BCUT2D eigenvalue weighted by atomic mass is 9.94. The molecule has 0 aromatic heterocycles. The molecule has 0 aliphatic heterocycles. The van der Waals surface area contributed by atoms with Crippen molar-refractivity contribution in [2.24, 2.45) is 29.6 Å². The molecular weight excluding hydrogens is 268 g/mol. The van der Waals surface area contributed by atoms with Gasteiger partial charge in [-0.3, -0.25) is 4.79 Å². The lowest BCUT2D eigenvalue weighted by Gasteiger charge is -2.22. The Morgan fingerprint density at radius 1 is 1.05 bits per heavy atom. The van der Waals surface area contributed by atoms with Crippen LogP contribution in [-0.2, 0) is 19.1 Å². The van der Waals surface area contributed by atoms with E-state index in [0.29, 0.717) is 17.8 Å². The molecule has 4 aliphatic carbocycles. The van der Waals surface area contributed by atoms with Gasteiger partial charge in [0.05, 0.1) is 5.92 Å². The van der Waals surface area contributed by atoms with Crippen LogP contribution in [0, 0.1) is 29.6 Å². The molecule has 0 aromatic rings. The van der Waals surface area contributed by atoms with E-state index in [1.165, 1.54) is 19.3 Å². The van der Waals surface area contributed by atoms with E-state index in [4.69, 9.17) is 9.47 Å². The number of esters is 2. The Kier molecular flexibility index (Phi) is 3.27. The highest BCUT2D eigenvalue weighted by atomic mass is 16.6. The number of hydrogen-bond donors (Lipinski definition) is 0. The summed E-state index contributed by atoms with van der Waals surface area (Å²) in [7, 11) is 0. The maximum absolute atomic E-state index is 12.0. The van der Waals surface area contributed by atoms with Gasteiger partial charge in [-0.25, -0.2) is 4.79 Å². The van der Waals surface area contributed by atoms with Gasteiger partial charge in [-0.1, -0.05) is 12.2 Å². The maximum Gasteiger partial charge on any atom is 0.344 e. The van der Waals surface area contributed by atoms with Gasteiger partial charge in [0.25, 0.3) is 0 Å². The number of carbonyl (C=O) groups is 2. The van der Waals surface area contributed by atoms with E-state index in [0.717, 1.165) is 25.2 Å². The Morgan fingerprint density at radius 2 is 1.95 bits per heavy atom. The second-order valence-corrected chi connectivity index (χ2v) is 7.20. The van der Waals surface area contributed by atoms with E-state index >= 15 is 0 Å². The summed E-state index contributed by atoms with van der Waals surface area (Å²) in [6, 6.07) is 0. The van der Waals surface area contributed by atoms with Crippen molar-refractivity contribution in [1.29, 1.82) is 0 Å². The van der Waals surface area contributed by atoms with Crippen molar-refractivity contribution in [2.45, 2.75) is 44.6 Å². The molecular formula is C17H22O4. The third-order valence-corrected chi connectivity index (χ3v) is 5.87. The predicted octanol–water partition coefficient (Wildman–Crippen LogP) is 2.47. The van der Waals surface area contributed by atoms with Crippen LogP contribution in [0.2, 0.25) is 0 Å². The molecule has 0 saturated heterocycles. The van der Waals surface area contributed by atoms with Gasteiger partial charge in [0.15, 0.2) is 6.61 Å². The zero-order valence-electron chi connectivity index (χ0n) is 12.2. The highest BCUT2D eigenvalue weighted by molar-refractivity contribution is 5.78. The summed E-state index contributed by atoms with van der Waals surface area (Å²) in [6.45, 7) is -0.218. The summed E-state index contributed by atoms with van der Waals surface area (Å²) in [4.78, 5) is 23.9. The summed E-state index contributed by atoms with van der Waals surface area (Å²) >= 11 is 0. The Morgan fingerprint density at radius 3 is 2.57 bits per heavy atom. The molecule has 21 heavy (non-hydrogen) atoms. The van der Waals surface area contributed by atoms with Gasteiger partial charge in [-0.05, 0) is 62.2 Å². The van der Waals surface area contributed by atoms with Crippen molar-refractivity contribution in [3.05, 3.63) is 12.2 Å². The molecule has 4 rings (SSSR count). The largest absolute Gasteiger partial charge is 0.460 e. The minimum atomic E-state index is -0.375. The van der Waals surface area contributed by atoms with Gasteiger partial charge < -0.3 is 9.47 Å². The topological polar surface area (TPSA) is 52.6 Å². The number of carbonyl (C=O) groups excluding carboxylic acids is 2. The zero-order chi connectivity index (χ0) is 14.4. The smallest absolute Gasteiger partial charge is 0.344 e. The number of rotatable bonds is 4. The number of hydrogen-bond acceptors (Lipinski definition) is 4. The Hall–Kier alpha value is -1.32. The molecule has 6 atom stereocenters. The van der Waals surface area contributed by atoms with Gasteiger partial charge in [-0.15, -0.1) is 0 Å². The molecule has 0 amide bonds. The lowest BCUT2D eigenvalue weighted by Crippen LogP contribution is -2.29. The van der Waals surface area contributed by atoms with Gasteiger partial charge in [0.1, 0.15) is 6.10 Å². The second kappa shape index (κ2) is 5.15. The average Bonchev–Trinajstić information content (AvgIpc) is 3.23. The van der Waals surface area contributed by atoms with E-state index in [-0.39, 0.29) is 30.6 Å². The van der Waals surface area contributed by atoms with Gasteiger partial charge >= 0.3 is 11.9 Å². The summed E-state index contributed by atoms with van der Waals surface area (Å²) in [5.74, 6) is 1.51. The van der Waals surface area contributed by atoms with Gasteiger partial charge in [-0.2, -0.15) is 0 Å². The first kappa shape index (κ1) is 13.4. The monoisotopic (exact) mass is 290 g/mol. The SMILES string of the molecule is O=C(COC(=O)C1CC2C=CC1C2)OC1CC2CCC1C2. The van der Waals surface area contributed by atoms with Crippen molar-refractivity contribution in [3.8, 4) is 0 Å². The fourth-order valence-electron chi connectivity index (χ4n) is 4.82. The first-order valence-electron chi connectivity index (χ1n) is 8.23. The Bertz CT molecular complexity index is 483. The first-order chi connectivity index (χ1) is 10.2. The zero-order valence-corrected chi connectivity index (χ0v) is 12.2. The number of ether oxygens (including phenoxy) is 2. The average molecular weight is 290 g/mol. The molecule has 3 fully saturated rings. The molecule has 3 saturated carbocycles. The minimum absolute atomic E-state index is 0.0460. The number of fused-ring (bicyclic) bond motifs is 4. The second-order valence-electron chi connectivity index (χ2n) is 7.20. The van der Waals surface area contributed by atoms with Crippen LogP contribution in [0.5, 0.6) is 0 Å². The van der Waals surface area contributed by atoms with Crippen LogP contribution in [0.25, 0.3) is 0 Å². The van der Waals surface area contributed by atoms with Crippen molar-refractivity contribution >= 4 is 11.9 Å². The summed E-state index contributed by atoms with van der Waals surface area (Å²) in [5, 5.41) is 0. The van der Waals surface area contributed by atoms with Crippen LogP contribution in [0.15, 0.2) is 12.2 Å². The summed E-state index contributed by atoms with van der Waals surface area (Å²) < 4.78 is 10.7. The highest BCUT2D eigenvalue weighted by Crippen LogP contribution is 2.46. The Labute approximate surface area is 124 Å². The summed E-state index contributed by atoms with van der Waals surface area (Å²) in [6.07, 6.45) is 11.0. The standard InChI is InChI=1S/C17H22O4/c18-16(21-15-8-11-2-4-13(15)6-11)9-20-17(19)14-7-10-1-3-12(14)5-10/h1,3,10-15H,2,4-9H2. The quantitative estimate of drug-likeness (QED) is 0.589. The van der Waals surface area contributed by atoms with Crippen molar-refractivity contribution in [1.82, 2.24) is 0 Å². The molecule has 114 valence electrons. The highest BCUT2D eigenvalue weighted by Gasteiger charge is 2.43. The van der Waals surface area contributed by atoms with Crippen LogP contribution < -0.4 is 0 Å². The van der Waals surface area contributed by atoms with Crippen molar-refractivity contribution < 1.29 is 19.1 Å². The fraction of sp³-hybridized carbons (Fsp3) is 0.765. The van der Waals surface area contributed by atoms with Gasteiger partial charge in [0, 0.05) is 0 Å². The summed E-state index contributed by atoms with van der Waals surface area (Å²) in [5.41, 5.74) is 0. The number of allylic oxidation sites excluding steroid dienone is 2.